The number of carbonyl (C=O) groups is 2. The number of halogens is 3. The smallest absolute Gasteiger partial charge is 0.417 e. The van der Waals surface area contributed by atoms with Crippen LogP contribution in [0.3, 0.4) is 0 Å². The Morgan fingerprint density at radius 3 is 2.60 bits per heavy atom. The number of cyclic esters (lactones) is 1. The molecule has 0 bridgehead atoms. The van der Waals surface area contributed by atoms with E-state index >= 15 is 0 Å². The minimum absolute atomic E-state index is 0.104. The molecule has 2 amide bonds. The molecule has 1 aliphatic heterocycles. The fourth-order valence-electron chi connectivity index (χ4n) is 2.85. The van der Waals surface area contributed by atoms with Gasteiger partial charge in [-0.3, -0.25) is 5.32 Å². The maximum atomic E-state index is 13.4. The molecule has 2 aromatic rings. The topological polar surface area (TPSA) is 114 Å². The van der Waals surface area contributed by atoms with Crippen molar-refractivity contribution < 1.29 is 35.9 Å². The second-order valence-electron chi connectivity index (χ2n) is 6.52. The average Bonchev–Trinajstić information content (AvgIpc) is 3.18. The number of aromatic nitrogens is 1. The number of esters is 1. The van der Waals surface area contributed by atoms with E-state index in [1.165, 1.54) is 6.07 Å². The van der Waals surface area contributed by atoms with Crippen molar-refractivity contribution in [1.29, 1.82) is 0 Å². The number of carbonyl (C=O) groups excluding carboxylic acids is 2. The molecule has 162 valence electrons. The maximum absolute atomic E-state index is 13.4. The minimum Gasteiger partial charge on any atom is -0.464 e. The van der Waals surface area contributed by atoms with Crippen LogP contribution in [0.1, 0.15) is 17.7 Å². The molecule has 0 spiro atoms. The first-order valence-electron chi connectivity index (χ1n) is 8.49. The van der Waals surface area contributed by atoms with Gasteiger partial charge in [-0.2, -0.15) is 13.2 Å². The van der Waals surface area contributed by atoms with Crippen molar-refractivity contribution in [3.05, 3.63) is 29.5 Å². The van der Waals surface area contributed by atoms with Crippen molar-refractivity contribution >= 4 is 38.3 Å². The Kier molecular flexibility index (Phi) is 5.78. The van der Waals surface area contributed by atoms with Crippen LogP contribution in [0.2, 0.25) is 0 Å². The molecule has 2 heterocycles. The second kappa shape index (κ2) is 7.87. The summed E-state index contributed by atoms with van der Waals surface area (Å²) in [6.07, 6.45) is -3.83. The second-order valence-corrected chi connectivity index (χ2v) is 9.50. The van der Waals surface area contributed by atoms with E-state index in [4.69, 9.17) is 4.74 Å². The molecule has 0 aliphatic carbocycles. The molecule has 3 rings (SSSR count). The van der Waals surface area contributed by atoms with Crippen LogP contribution in [-0.4, -0.2) is 44.3 Å². The van der Waals surface area contributed by atoms with Crippen LogP contribution in [0.5, 0.6) is 0 Å². The van der Waals surface area contributed by atoms with E-state index in [9.17, 15) is 31.2 Å². The number of hydrogen-bond donors (Lipinski definition) is 2. The number of amides is 2. The van der Waals surface area contributed by atoms with Crippen molar-refractivity contribution in [2.75, 3.05) is 18.2 Å². The summed E-state index contributed by atoms with van der Waals surface area (Å²) in [5.74, 6) is -0.549. The molecule has 8 nitrogen and oxygen atoms in total. The molecule has 30 heavy (non-hydrogen) atoms. The van der Waals surface area contributed by atoms with E-state index in [-0.39, 0.29) is 17.3 Å². The number of benzene rings is 1. The molecule has 1 aromatic carbocycles. The monoisotopic (exact) mass is 463 g/mol. The third kappa shape index (κ3) is 4.73. The zero-order chi connectivity index (χ0) is 22.3. The highest BCUT2D eigenvalue weighted by Gasteiger charge is 2.36. The summed E-state index contributed by atoms with van der Waals surface area (Å²) in [7, 11) is -4.09. The van der Waals surface area contributed by atoms with Gasteiger partial charge in [0, 0.05) is 12.7 Å². The lowest BCUT2D eigenvalue weighted by atomic mass is 10.1. The molecule has 1 atom stereocenters. The number of nitrogens with zero attached hydrogens (tertiary/aromatic N) is 1. The summed E-state index contributed by atoms with van der Waals surface area (Å²) in [6, 6.07) is 1.42. The van der Waals surface area contributed by atoms with E-state index in [1.807, 2.05) is 0 Å². The standard InChI is InChI=1S/C17H16F3N3O5S2/c1-8-13(9-3-4-12(30(2,26)27)10(7-9)17(18,19)20)29-16(21-8)23-15(25)22-11-5-6-28-14(11)24/h3-4,7,11H,5-6H2,1-2H3,(H2,21,22,23,25). The Bertz CT molecular complexity index is 1110. The number of urea groups is 1. The number of anilines is 1. The van der Waals surface area contributed by atoms with Crippen molar-refractivity contribution in [3.8, 4) is 10.4 Å². The Balaban J connectivity index is 1.87. The third-order valence-corrected chi connectivity index (χ3v) is 6.48. The van der Waals surface area contributed by atoms with Crippen molar-refractivity contribution in [3.63, 3.8) is 0 Å². The molecule has 1 fully saturated rings. The number of rotatable bonds is 4. The number of ether oxygens (including phenoxy) is 1. The highest BCUT2D eigenvalue weighted by molar-refractivity contribution is 7.90. The molecular formula is C17H16F3N3O5S2. The van der Waals surface area contributed by atoms with E-state index < -0.39 is 44.5 Å². The van der Waals surface area contributed by atoms with Crippen LogP contribution in [0.25, 0.3) is 10.4 Å². The van der Waals surface area contributed by atoms with Crippen molar-refractivity contribution in [1.82, 2.24) is 10.3 Å². The fourth-order valence-corrected chi connectivity index (χ4v) is 4.70. The Labute approximate surface area is 173 Å². The number of aryl methyl sites for hydroxylation is 1. The van der Waals surface area contributed by atoms with Gasteiger partial charge in [-0.05, 0) is 24.6 Å². The first-order chi connectivity index (χ1) is 13.9. The highest BCUT2D eigenvalue weighted by atomic mass is 32.2. The molecule has 13 heteroatoms. The Hall–Kier alpha value is -2.67. The predicted octanol–water partition coefficient (Wildman–Crippen LogP) is 2.98. The van der Waals surface area contributed by atoms with Gasteiger partial charge in [0.05, 0.1) is 27.6 Å². The van der Waals surface area contributed by atoms with Crippen LogP contribution in [0, 0.1) is 6.92 Å². The Morgan fingerprint density at radius 2 is 2.03 bits per heavy atom. The van der Waals surface area contributed by atoms with Crippen LogP contribution in [0.4, 0.5) is 23.1 Å². The third-order valence-electron chi connectivity index (χ3n) is 4.20. The molecular weight excluding hydrogens is 447 g/mol. The summed E-state index contributed by atoms with van der Waals surface area (Å²) >= 11 is 0.916. The molecule has 0 saturated carbocycles. The lowest BCUT2D eigenvalue weighted by molar-refractivity contribution is -0.140. The lowest BCUT2D eigenvalue weighted by Crippen LogP contribution is -2.40. The number of sulfone groups is 1. The average molecular weight is 463 g/mol. The number of thiazole rings is 1. The van der Waals surface area contributed by atoms with Gasteiger partial charge in [0.2, 0.25) is 0 Å². The van der Waals surface area contributed by atoms with Crippen LogP contribution in [-0.2, 0) is 25.5 Å². The Morgan fingerprint density at radius 1 is 1.33 bits per heavy atom. The quantitative estimate of drug-likeness (QED) is 0.674. The zero-order valence-electron chi connectivity index (χ0n) is 15.7. The zero-order valence-corrected chi connectivity index (χ0v) is 17.3. The van der Waals surface area contributed by atoms with Gasteiger partial charge < -0.3 is 10.1 Å². The summed E-state index contributed by atoms with van der Waals surface area (Å²) in [5.41, 5.74) is -0.823. The number of nitrogens with one attached hydrogen (secondary N) is 2. The van der Waals surface area contributed by atoms with E-state index in [0.29, 0.717) is 23.2 Å². The first kappa shape index (κ1) is 22.0. The van der Waals surface area contributed by atoms with Gasteiger partial charge in [-0.1, -0.05) is 17.4 Å². The normalized spacial score (nSPS) is 17.0. The predicted molar refractivity (Wildman–Crippen MR) is 102 cm³/mol. The van der Waals surface area contributed by atoms with Crippen molar-refractivity contribution in [2.24, 2.45) is 0 Å². The summed E-state index contributed by atoms with van der Waals surface area (Å²) in [5, 5.41) is 4.96. The van der Waals surface area contributed by atoms with Gasteiger partial charge in [0.25, 0.3) is 0 Å². The van der Waals surface area contributed by atoms with Crippen LogP contribution < -0.4 is 10.6 Å². The molecule has 1 aromatic heterocycles. The van der Waals surface area contributed by atoms with Crippen molar-refractivity contribution in [2.45, 2.75) is 30.5 Å². The van der Waals surface area contributed by atoms with Crippen LogP contribution >= 0.6 is 11.3 Å². The van der Waals surface area contributed by atoms with Gasteiger partial charge in [-0.15, -0.1) is 0 Å². The van der Waals surface area contributed by atoms with Gasteiger partial charge in [0.15, 0.2) is 15.0 Å². The van der Waals surface area contributed by atoms with Gasteiger partial charge >= 0.3 is 18.2 Å². The van der Waals surface area contributed by atoms with E-state index in [1.54, 1.807) is 6.92 Å². The highest BCUT2D eigenvalue weighted by Crippen LogP contribution is 2.39. The van der Waals surface area contributed by atoms with E-state index in [2.05, 4.69) is 15.6 Å². The van der Waals surface area contributed by atoms with Gasteiger partial charge in [0.1, 0.15) is 6.04 Å². The molecule has 1 saturated heterocycles. The summed E-state index contributed by atoms with van der Waals surface area (Å²) < 4.78 is 68.4. The molecule has 0 radical (unpaired) electrons. The first-order valence-corrected chi connectivity index (χ1v) is 11.2. The lowest BCUT2D eigenvalue weighted by Gasteiger charge is -2.13. The van der Waals surface area contributed by atoms with Gasteiger partial charge in [-0.25, -0.2) is 23.0 Å². The summed E-state index contributed by atoms with van der Waals surface area (Å²) in [6.45, 7) is 1.75. The van der Waals surface area contributed by atoms with E-state index in [0.717, 1.165) is 23.5 Å². The minimum atomic E-state index is -4.87. The molecule has 1 unspecified atom stereocenters. The molecule has 2 N–H and O–H groups in total. The number of alkyl halides is 3. The maximum Gasteiger partial charge on any atom is 0.417 e. The number of hydrogen-bond acceptors (Lipinski definition) is 7. The fraction of sp³-hybridized carbons (Fsp3) is 0.353. The summed E-state index contributed by atoms with van der Waals surface area (Å²) in [4.78, 5) is 27.1. The SMILES string of the molecule is Cc1nc(NC(=O)NC2CCOC2=O)sc1-c1ccc(S(C)(=O)=O)c(C(F)(F)F)c1. The van der Waals surface area contributed by atoms with Crippen LogP contribution in [0.15, 0.2) is 23.1 Å². The largest absolute Gasteiger partial charge is 0.464 e. The molecule has 1 aliphatic rings.